The Kier molecular flexibility index (Phi) is 4.37. The number of alkyl halides is 1. The molecule has 1 aliphatic heterocycles. The second-order valence-corrected chi connectivity index (χ2v) is 4.68. The normalized spacial score (nSPS) is 17.8. The number of carbonyl (C=O) groups is 1. The molecule has 0 radical (unpaired) electrons. The van der Waals surface area contributed by atoms with Crippen LogP contribution < -0.4 is 0 Å². The molecule has 0 saturated carbocycles. The second-order valence-electron chi connectivity index (χ2n) is 4.31. The van der Waals surface area contributed by atoms with Gasteiger partial charge in [-0.1, -0.05) is 12.1 Å². The minimum absolute atomic E-state index is 0.0736. The number of carbonyl (C=O) groups excluding carboxylic acids is 1. The van der Waals surface area contributed by atoms with Gasteiger partial charge in [0.1, 0.15) is 5.82 Å². The first kappa shape index (κ1) is 13.1. The Labute approximate surface area is 111 Å². The molecule has 2 nitrogen and oxygen atoms in total. The first-order chi connectivity index (χ1) is 8.70. The molecule has 1 fully saturated rings. The third kappa shape index (κ3) is 3.10. The van der Waals surface area contributed by atoms with Gasteiger partial charge in [-0.2, -0.15) is 0 Å². The van der Waals surface area contributed by atoms with Crippen LogP contribution in [0.3, 0.4) is 0 Å². The molecule has 0 aliphatic carbocycles. The van der Waals surface area contributed by atoms with Gasteiger partial charge in [0.15, 0.2) is 0 Å². The molecule has 0 aromatic heterocycles. The first-order valence-electron chi connectivity index (χ1n) is 6.02. The molecule has 96 valence electrons. The van der Waals surface area contributed by atoms with Crippen LogP contribution in [0, 0.1) is 5.82 Å². The van der Waals surface area contributed by atoms with E-state index in [0.29, 0.717) is 12.4 Å². The zero-order chi connectivity index (χ0) is 13.0. The summed E-state index contributed by atoms with van der Waals surface area (Å²) in [4.78, 5) is 13.8. The quantitative estimate of drug-likeness (QED) is 0.606. The topological polar surface area (TPSA) is 20.3 Å². The molecule has 0 spiro atoms. The molecule has 1 saturated heterocycles. The van der Waals surface area contributed by atoms with Crippen LogP contribution in [0.15, 0.2) is 29.8 Å². The fourth-order valence-electron chi connectivity index (χ4n) is 2.03. The molecule has 1 aromatic rings. The second kappa shape index (κ2) is 6.01. The molecule has 0 atom stereocenters. The van der Waals surface area contributed by atoms with Gasteiger partial charge in [-0.15, -0.1) is 11.6 Å². The summed E-state index contributed by atoms with van der Waals surface area (Å²) in [6.07, 6.45) is 3.40. The van der Waals surface area contributed by atoms with Crippen molar-refractivity contribution in [3.63, 3.8) is 0 Å². The van der Waals surface area contributed by atoms with Crippen LogP contribution >= 0.6 is 11.6 Å². The molecule has 1 aliphatic rings. The summed E-state index contributed by atoms with van der Waals surface area (Å²) in [7, 11) is 0. The monoisotopic (exact) mass is 267 g/mol. The van der Waals surface area contributed by atoms with E-state index >= 15 is 0 Å². The van der Waals surface area contributed by atoms with Crippen LogP contribution in [0.25, 0.3) is 6.08 Å². The van der Waals surface area contributed by atoms with E-state index < -0.39 is 0 Å². The number of nitrogens with zero attached hydrogens (tertiary/aromatic N) is 1. The molecular weight excluding hydrogens is 253 g/mol. The third-order valence-corrected chi connectivity index (χ3v) is 3.25. The summed E-state index contributed by atoms with van der Waals surface area (Å²) in [5, 5.41) is 0. The number of hydrogen-bond acceptors (Lipinski definition) is 1. The van der Waals surface area contributed by atoms with Crippen molar-refractivity contribution >= 4 is 23.6 Å². The summed E-state index contributed by atoms with van der Waals surface area (Å²) in [6, 6.07) is 6.16. The summed E-state index contributed by atoms with van der Waals surface area (Å²) < 4.78 is 12.8. The highest BCUT2D eigenvalue weighted by molar-refractivity contribution is 6.17. The number of benzene rings is 1. The van der Waals surface area contributed by atoms with E-state index in [4.69, 9.17) is 11.6 Å². The van der Waals surface area contributed by atoms with Gasteiger partial charge in [0.2, 0.25) is 5.91 Å². The Bertz CT molecular complexity index is 455. The van der Waals surface area contributed by atoms with E-state index in [1.165, 1.54) is 12.1 Å². The van der Waals surface area contributed by atoms with Gasteiger partial charge in [-0.3, -0.25) is 4.79 Å². The number of rotatable bonds is 4. The lowest BCUT2D eigenvalue weighted by molar-refractivity contribution is -0.124. The van der Waals surface area contributed by atoms with E-state index in [1.54, 1.807) is 12.1 Å². The number of likely N-dealkylation sites (tertiary alicyclic amines) is 1. The fourth-order valence-corrected chi connectivity index (χ4v) is 2.14. The average molecular weight is 268 g/mol. The van der Waals surface area contributed by atoms with Crippen molar-refractivity contribution in [3.05, 3.63) is 41.2 Å². The average Bonchev–Trinajstić information content (AvgIpc) is 2.71. The molecule has 0 N–H and O–H groups in total. The van der Waals surface area contributed by atoms with Crippen molar-refractivity contribution < 1.29 is 9.18 Å². The molecule has 1 heterocycles. The number of halogens is 2. The predicted molar refractivity (Wildman–Crippen MR) is 70.9 cm³/mol. The maximum atomic E-state index is 12.8. The van der Waals surface area contributed by atoms with Crippen LogP contribution in [-0.2, 0) is 4.79 Å². The largest absolute Gasteiger partial charge is 0.339 e. The molecule has 18 heavy (non-hydrogen) atoms. The van der Waals surface area contributed by atoms with Gasteiger partial charge in [-0.05, 0) is 36.6 Å². The van der Waals surface area contributed by atoms with E-state index in [-0.39, 0.29) is 11.7 Å². The standard InChI is InChI=1S/C14H15ClFNO/c15-7-1-8-17-9-6-12(14(17)18)10-11-2-4-13(16)5-3-11/h2-5,10H,1,6-9H2/b12-10+. The highest BCUT2D eigenvalue weighted by Gasteiger charge is 2.24. The van der Waals surface area contributed by atoms with Crippen molar-refractivity contribution in [1.82, 2.24) is 4.90 Å². The summed E-state index contributed by atoms with van der Waals surface area (Å²) >= 11 is 5.62. The smallest absolute Gasteiger partial charge is 0.249 e. The van der Waals surface area contributed by atoms with Crippen LogP contribution in [0.2, 0.25) is 0 Å². The van der Waals surface area contributed by atoms with Crippen molar-refractivity contribution in [1.29, 1.82) is 0 Å². The van der Waals surface area contributed by atoms with Gasteiger partial charge in [0.05, 0.1) is 0 Å². The Morgan fingerprint density at radius 2 is 2.06 bits per heavy atom. The van der Waals surface area contributed by atoms with Gasteiger partial charge >= 0.3 is 0 Å². The van der Waals surface area contributed by atoms with E-state index in [0.717, 1.165) is 30.5 Å². The van der Waals surface area contributed by atoms with Crippen LogP contribution in [0.4, 0.5) is 4.39 Å². The van der Waals surface area contributed by atoms with Crippen molar-refractivity contribution in [2.24, 2.45) is 0 Å². The molecule has 1 amide bonds. The minimum atomic E-state index is -0.265. The maximum absolute atomic E-state index is 12.8. The first-order valence-corrected chi connectivity index (χ1v) is 6.55. The molecular formula is C14H15ClFNO. The molecule has 4 heteroatoms. The Balaban J connectivity index is 2.06. The summed E-state index contributed by atoms with van der Waals surface area (Å²) in [5.41, 5.74) is 1.65. The minimum Gasteiger partial charge on any atom is -0.339 e. The Hall–Kier alpha value is -1.35. The lowest BCUT2D eigenvalue weighted by Crippen LogP contribution is -2.26. The van der Waals surface area contributed by atoms with E-state index in [9.17, 15) is 9.18 Å². The summed E-state index contributed by atoms with van der Waals surface area (Å²) in [6.45, 7) is 1.46. The number of amides is 1. The van der Waals surface area contributed by atoms with Crippen LogP contribution in [0.1, 0.15) is 18.4 Å². The lowest BCUT2D eigenvalue weighted by atomic mass is 10.1. The SMILES string of the molecule is O=C1/C(=C/c2ccc(F)cc2)CCN1CCCCl. The Morgan fingerprint density at radius 3 is 2.72 bits per heavy atom. The zero-order valence-corrected chi connectivity index (χ0v) is 10.8. The molecule has 0 unspecified atom stereocenters. The van der Waals surface area contributed by atoms with Crippen LogP contribution in [0.5, 0.6) is 0 Å². The van der Waals surface area contributed by atoms with Crippen molar-refractivity contribution in [3.8, 4) is 0 Å². The van der Waals surface area contributed by atoms with Crippen molar-refractivity contribution in [2.75, 3.05) is 19.0 Å². The molecule has 1 aromatic carbocycles. The summed E-state index contributed by atoms with van der Waals surface area (Å²) in [5.74, 6) is 0.379. The van der Waals surface area contributed by atoms with Gasteiger partial charge in [0, 0.05) is 24.5 Å². The third-order valence-electron chi connectivity index (χ3n) is 2.99. The maximum Gasteiger partial charge on any atom is 0.249 e. The Morgan fingerprint density at radius 1 is 1.33 bits per heavy atom. The molecule has 0 bridgehead atoms. The van der Waals surface area contributed by atoms with Crippen molar-refractivity contribution in [2.45, 2.75) is 12.8 Å². The highest BCUT2D eigenvalue weighted by atomic mass is 35.5. The van der Waals surface area contributed by atoms with Crippen LogP contribution in [-0.4, -0.2) is 29.8 Å². The van der Waals surface area contributed by atoms with Gasteiger partial charge in [-0.25, -0.2) is 4.39 Å². The highest BCUT2D eigenvalue weighted by Crippen LogP contribution is 2.20. The molecule has 2 rings (SSSR count). The number of hydrogen-bond donors (Lipinski definition) is 0. The fraction of sp³-hybridized carbons (Fsp3) is 0.357. The zero-order valence-electron chi connectivity index (χ0n) is 10.0. The van der Waals surface area contributed by atoms with E-state index in [1.807, 2.05) is 11.0 Å². The lowest BCUT2D eigenvalue weighted by Gasteiger charge is -2.13. The van der Waals surface area contributed by atoms with Gasteiger partial charge < -0.3 is 4.90 Å². The van der Waals surface area contributed by atoms with Gasteiger partial charge in [0.25, 0.3) is 0 Å². The van der Waals surface area contributed by atoms with E-state index in [2.05, 4.69) is 0 Å². The predicted octanol–water partition coefficient (Wildman–Crippen LogP) is 3.07.